The lowest BCUT2D eigenvalue weighted by molar-refractivity contribution is -0.136. The molecule has 278 valence electrons. The van der Waals surface area contributed by atoms with Crippen LogP contribution in [0, 0.1) is 11.6 Å². The Hall–Kier alpha value is -4.54. The molecule has 16 heteroatoms. The van der Waals surface area contributed by atoms with Crippen LogP contribution in [0.4, 0.5) is 19.6 Å². The number of ether oxygens (including phenoxy) is 2. The number of carbonyl (C=O) groups excluding carboxylic acids is 2. The maximum absolute atomic E-state index is 14.8. The number of fused-ring (bicyclic) bond motifs is 1. The van der Waals surface area contributed by atoms with Gasteiger partial charge in [0.05, 0.1) is 30.9 Å². The van der Waals surface area contributed by atoms with Gasteiger partial charge in [-0.15, -0.1) is 16.4 Å². The molecule has 0 bridgehead atoms. The fourth-order valence-electron chi connectivity index (χ4n) is 6.24. The first-order valence-electron chi connectivity index (χ1n) is 18.0. The van der Waals surface area contributed by atoms with Crippen molar-refractivity contribution in [3.05, 3.63) is 57.7 Å². The number of rotatable bonds is 18. The lowest BCUT2D eigenvalue weighted by Crippen LogP contribution is -2.45. The van der Waals surface area contributed by atoms with Crippen molar-refractivity contribution in [1.82, 2.24) is 30.6 Å². The van der Waals surface area contributed by atoms with Gasteiger partial charge >= 0.3 is 0 Å². The van der Waals surface area contributed by atoms with E-state index in [9.17, 15) is 23.2 Å². The molecule has 1 unspecified atom stereocenters. The van der Waals surface area contributed by atoms with Crippen molar-refractivity contribution in [3.8, 4) is 17.0 Å². The van der Waals surface area contributed by atoms with Crippen molar-refractivity contribution in [2.24, 2.45) is 0 Å². The summed E-state index contributed by atoms with van der Waals surface area (Å²) in [5, 5.41) is 20.2. The number of piperidine rings is 1. The Bertz CT molecular complexity index is 1900. The minimum atomic E-state index is -0.987. The van der Waals surface area contributed by atoms with Gasteiger partial charge < -0.3 is 25.0 Å². The molecule has 4 heterocycles. The van der Waals surface area contributed by atoms with Crippen molar-refractivity contribution in [3.63, 3.8) is 0 Å². The standard InChI is InChI=1S/C36H44F2N8O5S/c37-27-10-9-25(29-23-52-36(41-29)45-17-20-50-21-18-45)33(32(27)38)51-19-7-3-5-15-39-14-4-1-2-6-16-40-24-8-11-28-26(22-24)35(49)46(44-43-28)30-12-13-31(47)42-34(30)48/h8-11,22-23,30,39-40H,1-7,12-21H2,(H,42,47,48). The Morgan fingerprint density at radius 3 is 2.52 bits per heavy atom. The number of anilines is 2. The first-order valence-corrected chi connectivity index (χ1v) is 18.8. The normalized spacial score (nSPS) is 16.3. The average Bonchev–Trinajstić information content (AvgIpc) is 3.65. The van der Waals surface area contributed by atoms with Crippen LogP contribution in [0.2, 0.25) is 0 Å². The summed E-state index contributed by atoms with van der Waals surface area (Å²) < 4.78 is 41.2. The molecule has 6 rings (SSSR count). The van der Waals surface area contributed by atoms with E-state index in [0.29, 0.717) is 35.4 Å². The molecular weight excluding hydrogens is 695 g/mol. The van der Waals surface area contributed by atoms with Gasteiger partial charge in [-0.05, 0) is 81.9 Å². The summed E-state index contributed by atoms with van der Waals surface area (Å²) in [7, 11) is 0. The molecule has 2 aliphatic heterocycles. The predicted octanol–water partition coefficient (Wildman–Crippen LogP) is 4.82. The number of carbonyl (C=O) groups is 2. The van der Waals surface area contributed by atoms with E-state index in [-0.39, 0.29) is 31.1 Å². The molecule has 0 aliphatic carbocycles. The SMILES string of the molecule is O=C1CCC(n2nnc3ccc(NCCCCCCNCCCCCOc4c(-c5csc(N6CCOCC6)n5)ccc(F)c4F)cc3c2=O)C(=O)N1. The van der Waals surface area contributed by atoms with Gasteiger partial charge in [0.15, 0.2) is 16.7 Å². The zero-order chi connectivity index (χ0) is 36.3. The van der Waals surface area contributed by atoms with Gasteiger partial charge in [0, 0.05) is 42.7 Å². The first-order chi connectivity index (χ1) is 25.4. The molecular formula is C36H44F2N8O5S. The van der Waals surface area contributed by atoms with E-state index in [4.69, 9.17) is 9.47 Å². The maximum Gasteiger partial charge on any atom is 0.278 e. The van der Waals surface area contributed by atoms with E-state index in [1.54, 1.807) is 12.1 Å². The number of amides is 2. The Morgan fingerprint density at radius 2 is 1.73 bits per heavy atom. The fraction of sp³-hybridized carbons (Fsp3) is 0.500. The number of thiazole rings is 1. The molecule has 2 aliphatic rings. The molecule has 0 radical (unpaired) electrons. The molecule has 2 aromatic heterocycles. The summed E-state index contributed by atoms with van der Waals surface area (Å²) in [5.74, 6) is -2.91. The summed E-state index contributed by atoms with van der Waals surface area (Å²) in [6.07, 6.45) is 7.11. The van der Waals surface area contributed by atoms with E-state index >= 15 is 0 Å². The van der Waals surface area contributed by atoms with E-state index in [1.807, 2.05) is 11.4 Å². The predicted molar refractivity (Wildman–Crippen MR) is 195 cm³/mol. The van der Waals surface area contributed by atoms with Gasteiger partial charge in [-0.25, -0.2) is 9.37 Å². The lowest BCUT2D eigenvalue weighted by Gasteiger charge is -2.26. The monoisotopic (exact) mass is 738 g/mol. The topological polar surface area (TPSA) is 153 Å². The van der Waals surface area contributed by atoms with Crippen LogP contribution in [0.5, 0.6) is 5.75 Å². The van der Waals surface area contributed by atoms with Crippen LogP contribution in [0.15, 0.2) is 40.5 Å². The minimum absolute atomic E-state index is 0.0874. The van der Waals surface area contributed by atoms with Crippen LogP contribution < -0.4 is 31.1 Å². The molecule has 3 N–H and O–H groups in total. The zero-order valence-electron chi connectivity index (χ0n) is 29.0. The van der Waals surface area contributed by atoms with Gasteiger partial charge in [0.2, 0.25) is 11.7 Å². The van der Waals surface area contributed by atoms with Gasteiger partial charge in [-0.3, -0.25) is 19.7 Å². The van der Waals surface area contributed by atoms with Crippen molar-refractivity contribution >= 4 is 44.9 Å². The number of imide groups is 1. The molecule has 1 atom stereocenters. The quantitative estimate of drug-likeness (QED) is 0.0952. The number of nitrogens with zero attached hydrogens (tertiary/aromatic N) is 5. The first kappa shape index (κ1) is 37.2. The molecule has 13 nitrogen and oxygen atoms in total. The molecule has 0 saturated carbocycles. The van der Waals surface area contributed by atoms with Crippen LogP contribution in [-0.2, 0) is 14.3 Å². The van der Waals surface area contributed by atoms with Crippen molar-refractivity contribution in [2.75, 3.05) is 62.8 Å². The zero-order valence-corrected chi connectivity index (χ0v) is 29.8. The molecule has 0 spiro atoms. The van der Waals surface area contributed by atoms with Crippen molar-refractivity contribution in [1.29, 1.82) is 0 Å². The summed E-state index contributed by atoms with van der Waals surface area (Å²) in [5.41, 5.74) is 1.85. The highest BCUT2D eigenvalue weighted by molar-refractivity contribution is 7.14. The number of nitrogens with one attached hydrogen (secondary N) is 3. The van der Waals surface area contributed by atoms with Gasteiger partial charge in [-0.2, -0.15) is 9.07 Å². The number of morpholine rings is 1. The van der Waals surface area contributed by atoms with Gasteiger partial charge in [0.25, 0.3) is 11.5 Å². The lowest BCUT2D eigenvalue weighted by atomic mass is 10.1. The second kappa shape index (κ2) is 18.3. The Morgan fingerprint density at radius 1 is 0.962 bits per heavy atom. The second-order valence-electron chi connectivity index (χ2n) is 12.9. The maximum atomic E-state index is 14.8. The summed E-state index contributed by atoms with van der Waals surface area (Å²) in [6, 6.07) is 7.10. The van der Waals surface area contributed by atoms with E-state index in [1.165, 1.54) is 17.4 Å². The summed E-state index contributed by atoms with van der Waals surface area (Å²) >= 11 is 1.47. The highest BCUT2D eigenvalue weighted by Gasteiger charge is 2.30. The Kier molecular flexibility index (Phi) is 13.1. The number of hydrogen-bond donors (Lipinski definition) is 3. The number of benzene rings is 2. The Labute approximate surface area is 304 Å². The fourth-order valence-corrected chi connectivity index (χ4v) is 7.12. The van der Waals surface area contributed by atoms with Crippen molar-refractivity contribution in [2.45, 2.75) is 63.8 Å². The van der Waals surface area contributed by atoms with Crippen LogP contribution in [0.3, 0.4) is 0 Å². The highest BCUT2D eigenvalue weighted by Crippen LogP contribution is 2.36. The summed E-state index contributed by atoms with van der Waals surface area (Å²) in [4.78, 5) is 43.6. The Balaban J connectivity index is 0.832. The van der Waals surface area contributed by atoms with Crippen LogP contribution >= 0.6 is 11.3 Å². The van der Waals surface area contributed by atoms with E-state index in [2.05, 4.69) is 36.1 Å². The molecule has 52 heavy (non-hydrogen) atoms. The minimum Gasteiger partial charge on any atom is -0.490 e. The molecule has 2 amide bonds. The van der Waals surface area contributed by atoms with Crippen molar-refractivity contribution < 1.29 is 27.8 Å². The molecule has 4 aromatic rings. The number of hydrogen-bond acceptors (Lipinski definition) is 12. The molecule has 2 aromatic carbocycles. The third-order valence-electron chi connectivity index (χ3n) is 9.14. The van der Waals surface area contributed by atoms with E-state index in [0.717, 1.165) is 99.2 Å². The second-order valence-corrected chi connectivity index (χ2v) is 13.7. The van der Waals surface area contributed by atoms with Gasteiger partial charge in [-0.1, -0.05) is 18.1 Å². The third kappa shape index (κ3) is 9.46. The van der Waals surface area contributed by atoms with Crippen LogP contribution in [0.25, 0.3) is 22.2 Å². The number of aromatic nitrogens is 4. The summed E-state index contributed by atoms with van der Waals surface area (Å²) in [6.45, 7) is 5.61. The largest absolute Gasteiger partial charge is 0.490 e. The smallest absolute Gasteiger partial charge is 0.278 e. The molecule has 2 fully saturated rings. The average molecular weight is 739 g/mol. The molecule has 2 saturated heterocycles. The van der Waals surface area contributed by atoms with Gasteiger partial charge in [0.1, 0.15) is 11.6 Å². The third-order valence-corrected chi connectivity index (χ3v) is 10.0. The van der Waals surface area contributed by atoms with Crippen LogP contribution in [-0.4, -0.2) is 84.3 Å². The number of halogens is 2. The number of unbranched alkanes of at least 4 members (excludes halogenated alkanes) is 5. The van der Waals surface area contributed by atoms with Crippen LogP contribution in [0.1, 0.15) is 63.8 Å². The van der Waals surface area contributed by atoms with E-state index < -0.39 is 29.1 Å². The highest BCUT2D eigenvalue weighted by atomic mass is 32.1.